The smallest absolute Gasteiger partial charge is 0.275 e. The zero-order valence-electron chi connectivity index (χ0n) is 13.1. The average molecular weight is 316 g/mol. The molecule has 1 aliphatic heterocycles. The van der Waals surface area contributed by atoms with Crippen molar-refractivity contribution in [2.75, 3.05) is 25.5 Å². The number of amides is 1. The lowest BCUT2D eigenvalue weighted by Gasteiger charge is -2.25. The third-order valence-electron chi connectivity index (χ3n) is 3.91. The van der Waals surface area contributed by atoms with E-state index in [1.165, 1.54) is 0 Å². The molecule has 1 unspecified atom stereocenters. The number of rotatable bonds is 3. The molecule has 0 spiro atoms. The van der Waals surface area contributed by atoms with E-state index in [1.807, 2.05) is 48.3 Å². The first-order valence-corrected chi connectivity index (χ1v) is 8.31. The normalized spacial score (nSPS) is 17.8. The second kappa shape index (κ2) is 6.04. The van der Waals surface area contributed by atoms with Crippen molar-refractivity contribution in [3.8, 4) is 0 Å². The monoisotopic (exact) mass is 316 g/mol. The Morgan fingerprint density at radius 2 is 2.27 bits per heavy atom. The van der Waals surface area contributed by atoms with Gasteiger partial charge >= 0.3 is 0 Å². The van der Waals surface area contributed by atoms with Crippen LogP contribution < -0.4 is 4.90 Å². The number of thiazole rings is 1. The Morgan fingerprint density at radius 1 is 1.45 bits per heavy atom. The van der Waals surface area contributed by atoms with Crippen LogP contribution in [0.15, 0.2) is 23.7 Å². The molecule has 1 fully saturated rings. The largest absolute Gasteiger partial charge is 0.376 e. The maximum absolute atomic E-state index is 13.0. The first-order valence-electron chi connectivity index (χ1n) is 7.43. The van der Waals surface area contributed by atoms with Crippen LogP contribution in [0, 0.1) is 6.92 Å². The van der Waals surface area contributed by atoms with Crippen molar-refractivity contribution in [3.63, 3.8) is 0 Å². The highest BCUT2D eigenvalue weighted by molar-refractivity contribution is 7.09. The van der Waals surface area contributed by atoms with Gasteiger partial charge in [0.2, 0.25) is 0 Å². The van der Waals surface area contributed by atoms with E-state index in [4.69, 9.17) is 0 Å². The molecular weight excluding hydrogens is 296 g/mol. The van der Waals surface area contributed by atoms with Crippen molar-refractivity contribution in [2.24, 2.45) is 0 Å². The summed E-state index contributed by atoms with van der Waals surface area (Å²) < 4.78 is 0. The summed E-state index contributed by atoms with van der Waals surface area (Å²) in [6.07, 6.45) is 3.67. The topological polar surface area (TPSA) is 49.3 Å². The molecule has 0 aromatic carbocycles. The number of hydrogen-bond acceptors (Lipinski definition) is 5. The number of likely N-dealkylation sites (tertiary alicyclic amines) is 1. The van der Waals surface area contributed by atoms with Gasteiger partial charge in [-0.3, -0.25) is 4.79 Å². The van der Waals surface area contributed by atoms with Crippen LogP contribution in [0.25, 0.3) is 0 Å². The molecule has 0 radical (unpaired) electrons. The fourth-order valence-corrected chi connectivity index (χ4v) is 3.79. The minimum absolute atomic E-state index is 0.000321. The van der Waals surface area contributed by atoms with E-state index < -0.39 is 0 Å². The third-order valence-corrected chi connectivity index (χ3v) is 4.97. The Labute approximate surface area is 134 Å². The van der Waals surface area contributed by atoms with E-state index >= 15 is 0 Å². The number of carbonyl (C=O) groups is 1. The number of carbonyl (C=O) groups excluding carboxylic acids is 1. The molecule has 0 N–H and O–H groups in total. The van der Waals surface area contributed by atoms with Crippen molar-refractivity contribution in [3.05, 3.63) is 40.1 Å². The zero-order chi connectivity index (χ0) is 15.7. The zero-order valence-corrected chi connectivity index (χ0v) is 13.9. The summed E-state index contributed by atoms with van der Waals surface area (Å²) in [5.74, 6) is -0.000321. The molecule has 5 nitrogen and oxygen atoms in total. The summed E-state index contributed by atoms with van der Waals surface area (Å²) in [5, 5.41) is 3.08. The highest BCUT2D eigenvalue weighted by Crippen LogP contribution is 2.35. The molecule has 0 saturated carbocycles. The molecule has 1 atom stereocenters. The first-order chi connectivity index (χ1) is 10.6. The Morgan fingerprint density at radius 3 is 2.95 bits per heavy atom. The van der Waals surface area contributed by atoms with Gasteiger partial charge in [-0.05, 0) is 31.9 Å². The van der Waals surface area contributed by atoms with Gasteiger partial charge in [-0.25, -0.2) is 9.97 Å². The van der Waals surface area contributed by atoms with E-state index in [0.717, 1.165) is 35.8 Å². The molecule has 1 saturated heterocycles. The van der Waals surface area contributed by atoms with Crippen molar-refractivity contribution in [1.82, 2.24) is 14.9 Å². The molecular formula is C16H20N4OS. The van der Waals surface area contributed by atoms with Gasteiger partial charge < -0.3 is 9.80 Å². The highest BCUT2D eigenvalue weighted by Gasteiger charge is 2.34. The van der Waals surface area contributed by atoms with Gasteiger partial charge in [0.05, 0.1) is 11.7 Å². The minimum Gasteiger partial charge on any atom is -0.376 e. The van der Waals surface area contributed by atoms with Crippen LogP contribution in [-0.4, -0.2) is 41.4 Å². The maximum atomic E-state index is 13.0. The van der Waals surface area contributed by atoms with Crippen LogP contribution >= 0.6 is 11.3 Å². The second-order valence-electron chi connectivity index (χ2n) is 5.75. The number of anilines is 1. The van der Waals surface area contributed by atoms with Gasteiger partial charge in [0.1, 0.15) is 5.01 Å². The summed E-state index contributed by atoms with van der Waals surface area (Å²) in [4.78, 5) is 25.7. The maximum Gasteiger partial charge on any atom is 0.275 e. The summed E-state index contributed by atoms with van der Waals surface area (Å²) in [6.45, 7) is 2.76. The molecule has 22 heavy (non-hydrogen) atoms. The van der Waals surface area contributed by atoms with Gasteiger partial charge in [-0.1, -0.05) is 0 Å². The lowest BCUT2D eigenvalue weighted by molar-refractivity contribution is 0.0730. The van der Waals surface area contributed by atoms with E-state index in [9.17, 15) is 4.79 Å². The fraction of sp³-hybridized carbons (Fsp3) is 0.438. The van der Waals surface area contributed by atoms with E-state index in [2.05, 4.69) is 9.97 Å². The lowest BCUT2D eigenvalue weighted by atomic mass is 10.2. The van der Waals surface area contributed by atoms with Crippen LogP contribution in [-0.2, 0) is 0 Å². The Balaban J connectivity index is 1.91. The number of pyridine rings is 1. The van der Waals surface area contributed by atoms with Crippen LogP contribution in [0.1, 0.15) is 40.1 Å². The Bertz CT molecular complexity index is 682. The standard InChI is InChI=1S/C16H20N4OS/c1-11-10-22-15(18-11)13-7-5-9-20(13)16(21)14-12(19(2)3)6-4-8-17-14/h4,6,8,10,13H,5,7,9H2,1-3H3. The first kappa shape index (κ1) is 15.0. The van der Waals surface area contributed by atoms with Crippen LogP contribution in [0.3, 0.4) is 0 Å². The summed E-state index contributed by atoms with van der Waals surface area (Å²) in [5.41, 5.74) is 2.40. The molecule has 6 heteroatoms. The van der Waals surface area contributed by atoms with Crippen LogP contribution in [0.4, 0.5) is 5.69 Å². The van der Waals surface area contributed by atoms with Crippen LogP contribution in [0.2, 0.25) is 0 Å². The predicted molar refractivity (Wildman–Crippen MR) is 88.4 cm³/mol. The van der Waals surface area contributed by atoms with Gasteiger partial charge in [0.25, 0.3) is 5.91 Å². The second-order valence-corrected chi connectivity index (χ2v) is 6.64. The van der Waals surface area contributed by atoms with Gasteiger partial charge in [-0.2, -0.15) is 0 Å². The summed E-state index contributed by atoms with van der Waals surface area (Å²) in [7, 11) is 3.86. The highest BCUT2D eigenvalue weighted by atomic mass is 32.1. The molecule has 0 bridgehead atoms. The predicted octanol–water partition coefficient (Wildman–Crippen LogP) is 2.89. The Hall–Kier alpha value is -1.95. The van der Waals surface area contributed by atoms with Gasteiger partial charge in [-0.15, -0.1) is 11.3 Å². The summed E-state index contributed by atoms with van der Waals surface area (Å²) in [6, 6.07) is 3.87. The van der Waals surface area contributed by atoms with E-state index in [1.54, 1.807) is 17.5 Å². The molecule has 3 heterocycles. The third kappa shape index (κ3) is 2.70. The SMILES string of the molecule is Cc1csc(C2CCCN2C(=O)c2ncccc2N(C)C)n1. The average Bonchev–Trinajstić information content (AvgIpc) is 3.14. The summed E-state index contributed by atoms with van der Waals surface area (Å²) >= 11 is 1.64. The molecule has 2 aromatic heterocycles. The Kier molecular flexibility index (Phi) is 4.11. The van der Waals surface area contributed by atoms with Crippen molar-refractivity contribution in [1.29, 1.82) is 0 Å². The molecule has 0 aliphatic carbocycles. The molecule has 1 amide bonds. The van der Waals surface area contributed by atoms with Gasteiger partial charge in [0.15, 0.2) is 5.69 Å². The molecule has 2 aromatic rings. The minimum atomic E-state index is -0.000321. The molecule has 3 rings (SSSR count). The lowest BCUT2D eigenvalue weighted by Crippen LogP contribution is -2.32. The van der Waals surface area contributed by atoms with E-state index in [-0.39, 0.29) is 11.9 Å². The number of aryl methyl sites for hydroxylation is 1. The number of aromatic nitrogens is 2. The van der Waals surface area contributed by atoms with Crippen molar-refractivity contribution >= 4 is 22.9 Å². The quantitative estimate of drug-likeness (QED) is 0.873. The number of nitrogens with zero attached hydrogens (tertiary/aromatic N) is 4. The molecule has 1 aliphatic rings. The van der Waals surface area contributed by atoms with Crippen LogP contribution in [0.5, 0.6) is 0 Å². The number of hydrogen-bond donors (Lipinski definition) is 0. The van der Waals surface area contributed by atoms with E-state index in [0.29, 0.717) is 5.69 Å². The van der Waals surface area contributed by atoms with Gasteiger partial charge in [0, 0.05) is 37.9 Å². The fourth-order valence-electron chi connectivity index (χ4n) is 2.85. The van der Waals surface area contributed by atoms with Crippen molar-refractivity contribution < 1.29 is 4.79 Å². The van der Waals surface area contributed by atoms with Crippen molar-refractivity contribution in [2.45, 2.75) is 25.8 Å². The molecule has 116 valence electrons.